The fourth-order valence-corrected chi connectivity index (χ4v) is 3.02. The van der Waals surface area contributed by atoms with Crippen LogP contribution < -0.4 is 5.32 Å². The van der Waals surface area contributed by atoms with Crippen LogP contribution in [0.25, 0.3) is 5.69 Å². The predicted octanol–water partition coefficient (Wildman–Crippen LogP) is 3.00. The quantitative estimate of drug-likeness (QED) is 0.923. The summed E-state index contributed by atoms with van der Waals surface area (Å²) >= 11 is 0. The molecule has 0 radical (unpaired) electrons. The van der Waals surface area contributed by atoms with E-state index in [-0.39, 0.29) is 0 Å². The lowest BCUT2D eigenvalue weighted by Crippen LogP contribution is -2.15. The number of hydrogen-bond acceptors (Lipinski definition) is 2. The van der Waals surface area contributed by atoms with E-state index in [9.17, 15) is 0 Å². The van der Waals surface area contributed by atoms with Crippen molar-refractivity contribution in [2.24, 2.45) is 0 Å². The van der Waals surface area contributed by atoms with Crippen LogP contribution in [0.3, 0.4) is 0 Å². The average molecular weight is 267 g/mol. The molecule has 1 saturated carbocycles. The highest BCUT2D eigenvalue weighted by Gasteiger charge is 2.20. The van der Waals surface area contributed by atoms with Crippen molar-refractivity contribution in [3.63, 3.8) is 0 Å². The van der Waals surface area contributed by atoms with Crippen LogP contribution in [0.15, 0.2) is 30.6 Å². The summed E-state index contributed by atoms with van der Waals surface area (Å²) in [7, 11) is 0. The number of aryl methyl sites for hydroxylation is 1. The summed E-state index contributed by atoms with van der Waals surface area (Å²) in [6, 6.07) is 9.69. The molecule has 0 atom stereocenters. The molecular formula is C17H21N3. The Morgan fingerprint density at radius 3 is 2.70 bits per heavy atom. The van der Waals surface area contributed by atoms with E-state index < -0.39 is 0 Å². The van der Waals surface area contributed by atoms with Gasteiger partial charge in [0, 0.05) is 24.0 Å². The zero-order chi connectivity index (χ0) is 13.4. The molecule has 4 rings (SSSR count). The van der Waals surface area contributed by atoms with E-state index >= 15 is 0 Å². The Bertz CT molecular complexity index is 593. The van der Waals surface area contributed by atoms with Crippen LogP contribution in [-0.2, 0) is 19.4 Å². The lowest BCUT2D eigenvalue weighted by Gasteiger charge is -2.14. The molecule has 3 nitrogen and oxygen atoms in total. The summed E-state index contributed by atoms with van der Waals surface area (Å²) < 4.78 is 2.27. The SMILES string of the molecule is c1cc(-n2cnc3c2CCCC3)ccc1CNC1CC1. The molecule has 3 heteroatoms. The van der Waals surface area contributed by atoms with E-state index in [1.807, 2.05) is 6.33 Å². The Morgan fingerprint density at radius 2 is 1.90 bits per heavy atom. The minimum atomic E-state index is 0.773. The van der Waals surface area contributed by atoms with Crippen LogP contribution in [0.2, 0.25) is 0 Å². The molecule has 0 unspecified atom stereocenters. The third kappa shape index (κ3) is 2.38. The number of aromatic nitrogens is 2. The van der Waals surface area contributed by atoms with Crippen molar-refractivity contribution in [3.05, 3.63) is 47.5 Å². The molecular weight excluding hydrogens is 246 g/mol. The van der Waals surface area contributed by atoms with Crippen molar-refractivity contribution in [3.8, 4) is 5.69 Å². The number of fused-ring (bicyclic) bond motifs is 1. The number of nitrogens with zero attached hydrogens (tertiary/aromatic N) is 2. The highest BCUT2D eigenvalue weighted by atomic mass is 15.1. The van der Waals surface area contributed by atoms with Gasteiger partial charge in [0.05, 0.1) is 12.0 Å². The van der Waals surface area contributed by atoms with Gasteiger partial charge >= 0.3 is 0 Å². The molecule has 1 fully saturated rings. The highest BCUT2D eigenvalue weighted by Crippen LogP contribution is 2.23. The Hall–Kier alpha value is -1.61. The van der Waals surface area contributed by atoms with Gasteiger partial charge in [-0.2, -0.15) is 0 Å². The molecule has 0 saturated heterocycles. The summed E-state index contributed by atoms with van der Waals surface area (Å²) in [5.74, 6) is 0. The van der Waals surface area contributed by atoms with Gasteiger partial charge in [-0.3, -0.25) is 0 Å². The second-order valence-corrected chi connectivity index (χ2v) is 6.04. The summed E-state index contributed by atoms with van der Waals surface area (Å²) in [6.45, 7) is 0.993. The van der Waals surface area contributed by atoms with Crippen LogP contribution in [0.1, 0.15) is 42.6 Å². The van der Waals surface area contributed by atoms with Crippen molar-refractivity contribution < 1.29 is 0 Å². The van der Waals surface area contributed by atoms with Crippen LogP contribution in [0.5, 0.6) is 0 Å². The number of benzene rings is 1. The topological polar surface area (TPSA) is 29.9 Å². The average Bonchev–Trinajstić information content (AvgIpc) is 3.23. The largest absolute Gasteiger partial charge is 0.310 e. The highest BCUT2D eigenvalue weighted by molar-refractivity contribution is 5.38. The van der Waals surface area contributed by atoms with Gasteiger partial charge in [0.2, 0.25) is 0 Å². The zero-order valence-corrected chi connectivity index (χ0v) is 11.8. The molecule has 2 aromatic rings. The molecule has 0 aliphatic heterocycles. The molecule has 1 aromatic carbocycles. The van der Waals surface area contributed by atoms with E-state index in [1.165, 1.54) is 54.7 Å². The van der Waals surface area contributed by atoms with E-state index in [2.05, 4.69) is 39.1 Å². The third-order valence-electron chi connectivity index (χ3n) is 4.42. The second-order valence-electron chi connectivity index (χ2n) is 6.04. The van der Waals surface area contributed by atoms with Crippen molar-refractivity contribution in [2.45, 2.75) is 51.1 Å². The van der Waals surface area contributed by atoms with E-state index in [4.69, 9.17) is 0 Å². The second kappa shape index (κ2) is 5.06. The lowest BCUT2D eigenvalue weighted by atomic mass is 10.0. The van der Waals surface area contributed by atoms with Gasteiger partial charge < -0.3 is 9.88 Å². The van der Waals surface area contributed by atoms with Crippen molar-refractivity contribution in [1.82, 2.24) is 14.9 Å². The van der Waals surface area contributed by atoms with Gasteiger partial charge in [0.15, 0.2) is 0 Å². The smallest absolute Gasteiger partial charge is 0.0997 e. The Balaban J connectivity index is 1.54. The minimum absolute atomic E-state index is 0.773. The lowest BCUT2D eigenvalue weighted by molar-refractivity contribution is 0.656. The van der Waals surface area contributed by atoms with E-state index in [0.29, 0.717) is 0 Å². The fraction of sp³-hybridized carbons (Fsp3) is 0.471. The fourth-order valence-electron chi connectivity index (χ4n) is 3.02. The molecule has 1 aromatic heterocycles. The minimum Gasteiger partial charge on any atom is -0.310 e. The summed E-state index contributed by atoms with van der Waals surface area (Å²) in [5.41, 5.74) is 5.33. The number of hydrogen-bond donors (Lipinski definition) is 1. The maximum atomic E-state index is 4.57. The molecule has 0 spiro atoms. The maximum absolute atomic E-state index is 4.57. The van der Waals surface area contributed by atoms with Crippen LogP contribution in [0, 0.1) is 0 Å². The predicted molar refractivity (Wildman–Crippen MR) is 80.1 cm³/mol. The van der Waals surface area contributed by atoms with E-state index in [0.717, 1.165) is 19.0 Å². The molecule has 104 valence electrons. The molecule has 0 amide bonds. The first-order valence-corrected chi connectivity index (χ1v) is 7.78. The van der Waals surface area contributed by atoms with Crippen molar-refractivity contribution >= 4 is 0 Å². The van der Waals surface area contributed by atoms with Gasteiger partial charge in [-0.1, -0.05) is 12.1 Å². The first-order chi connectivity index (χ1) is 9.90. The van der Waals surface area contributed by atoms with Gasteiger partial charge in [-0.25, -0.2) is 4.98 Å². The van der Waals surface area contributed by atoms with Crippen LogP contribution in [0.4, 0.5) is 0 Å². The van der Waals surface area contributed by atoms with Crippen molar-refractivity contribution in [2.75, 3.05) is 0 Å². The first-order valence-electron chi connectivity index (χ1n) is 7.78. The molecule has 20 heavy (non-hydrogen) atoms. The number of imidazole rings is 1. The molecule has 2 aliphatic carbocycles. The summed E-state index contributed by atoms with van der Waals surface area (Å²) in [6.07, 6.45) is 9.58. The van der Waals surface area contributed by atoms with Gasteiger partial charge in [-0.15, -0.1) is 0 Å². The molecule has 1 N–H and O–H groups in total. The normalized spacial score (nSPS) is 18.0. The zero-order valence-electron chi connectivity index (χ0n) is 11.8. The number of rotatable bonds is 4. The van der Waals surface area contributed by atoms with Crippen LogP contribution in [-0.4, -0.2) is 15.6 Å². The standard InChI is InChI=1S/C17H21N3/c1-2-4-17-16(3-1)19-12-20(17)15-9-5-13(6-10-15)11-18-14-7-8-14/h5-6,9-10,12,14,18H,1-4,7-8,11H2. The Morgan fingerprint density at radius 1 is 1.10 bits per heavy atom. The van der Waals surface area contributed by atoms with Gasteiger partial charge in [-0.05, 0) is 56.2 Å². The third-order valence-corrected chi connectivity index (χ3v) is 4.42. The van der Waals surface area contributed by atoms with Gasteiger partial charge in [0.25, 0.3) is 0 Å². The summed E-state index contributed by atoms with van der Waals surface area (Å²) in [4.78, 5) is 4.57. The first kappa shape index (κ1) is 12.2. The number of nitrogens with one attached hydrogen (secondary N) is 1. The molecule has 0 bridgehead atoms. The molecule has 2 aliphatic rings. The van der Waals surface area contributed by atoms with Crippen LogP contribution >= 0.6 is 0 Å². The van der Waals surface area contributed by atoms with E-state index in [1.54, 1.807) is 0 Å². The Kier molecular flexibility index (Phi) is 3.07. The van der Waals surface area contributed by atoms with Gasteiger partial charge in [0.1, 0.15) is 0 Å². The van der Waals surface area contributed by atoms with Crippen molar-refractivity contribution in [1.29, 1.82) is 0 Å². The maximum Gasteiger partial charge on any atom is 0.0997 e. The Labute approximate surface area is 120 Å². The summed E-state index contributed by atoms with van der Waals surface area (Å²) in [5, 5.41) is 3.56. The molecule has 1 heterocycles. The monoisotopic (exact) mass is 267 g/mol.